The molecule has 200 valence electrons. The molecule has 0 unspecified atom stereocenters. The number of aryl methyl sites for hydroxylation is 2. The van der Waals surface area contributed by atoms with Gasteiger partial charge in [-0.05, 0) is 75.4 Å². The van der Waals surface area contributed by atoms with Crippen LogP contribution in [0.5, 0.6) is 5.75 Å². The Balaban J connectivity index is 1.20. The van der Waals surface area contributed by atoms with Crippen LogP contribution in [0.3, 0.4) is 0 Å². The van der Waals surface area contributed by atoms with Crippen molar-refractivity contribution in [1.29, 1.82) is 0 Å². The SMILES string of the molecule is CCOC(=O)OCN1C(=O)CCc2ccc(OCCCCN3CCN(c4cccc(C)c4C)CC3)cc21. The smallest absolute Gasteiger partial charge is 0.494 e. The lowest BCUT2D eigenvalue weighted by Crippen LogP contribution is -2.46. The van der Waals surface area contributed by atoms with Gasteiger partial charge < -0.3 is 19.1 Å². The van der Waals surface area contributed by atoms with Gasteiger partial charge in [0, 0.05) is 44.4 Å². The van der Waals surface area contributed by atoms with Crippen molar-refractivity contribution in [2.45, 2.75) is 46.5 Å². The molecule has 0 N–H and O–H groups in total. The summed E-state index contributed by atoms with van der Waals surface area (Å²) < 4.78 is 15.9. The highest BCUT2D eigenvalue weighted by molar-refractivity contribution is 5.96. The largest absolute Gasteiger partial charge is 0.510 e. The number of rotatable bonds is 10. The molecule has 0 atom stereocenters. The number of amides is 1. The number of piperazine rings is 1. The van der Waals surface area contributed by atoms with Gasteiger partial charge in [0.25, 0.3) is 0 Å². The first-order chi connectivity index (χ1) is 18.0. The maximum absolute atomic E-state index is 12.5. The van der Waals surface area contributed by atoms with Crippen molar-refractivity contribution in [3.63, 3.8) is 0 Å². The normalized spacial score (nSPS) is 15.9. The number of hydrogen-bond donors (Lipinski definition) is 0. The van der Waals surface area contributed by atoms with Gasteiger partial charge in [-0.15, -0.1) is 0 Å². The van der Waals surface area contributed by atoms with Gasteiger partial charge in [0.05, 0.1) is 18.9 Å². The molecule has 2 aromatic rings. The van der Waals surface area contributed by atoms with Crippen LogP contribution < -0.4 is 14.5 Å². The standard InChI is InChI=1S/C29H39N3O5/c1-4-35-29(34)37-21-32-27-20-25(12-10-24(27)11-13-28(32)33)36-19-6-5-14-30-15-17-31(18-16-30)26-9-7-8-22(2)23(26)3/h7-10,12,20H,4-6,11,13-19,21H2,1-3H3. The van der Waals surface area contributed by atoms with E-state index in [1.807, 2.05) is 18.2 Å². The molecule has 1 saturated heterocycles. The second-order valence-electron chi connectivity index (χ2n) is 9.67. The molecule has 0 spiro atoms. The van der Waals surface area contributed by atoms with Crippen LogP contribution in [0.25, 0.3) is 0 Å². The minimum Gasteiger partial charge on any atom is -0.494 e. The molecule has 8 heteroatoms. The maximum atomic E-state index is 12.5. The lowest BCUT2D eigenvalue weighted by atomic mass is 10.0. The number of hydrogen-bond acceptors (Lipinski definition) is 7. The molecule has 1 amide bonds. The Morgan fingerprint density at radius 1 is 0.946 bits per heavy atom. The number of unbranched alkanes of at least 4 members (excludes halogenated alkanes) is 1. The molecule has 0 radical (unpaired) electrons. The van der Waals surface area contributed by atoms with E-state index in [4.69, 9.17) is 14.2 Å². The van der Waals surface area contributed by atoms with Crippen molar-refractivity contribution in [3.8, 4) is 5.75 Å². The van der Waals surface area contributed by atoms with Crippen molar-refractivity contribution >= 4 is 23.4 Å². The van der Waals surface area contributed by atoms with Gasteiger partial charge in [-0.1, -0.05) is 18.2 Å². The van der Waals surface area contributed by atoms with E-state index in [1.54, 1.807) is 6.92 Å². The number of benzene rings is 2. The van der Waals surface area contributed by atoms with Gasteiger partial charge in [-0.3, -0.25) is 14.6 Å². The number of ether oxygens (including phenoxy) is 3. The summed E-state index contributed by atoms with van der Waals surface area (Å²) in [6.07, 6.45) is 2.32. The summed E-state index contributed by atoms with van der Waals surface area (Å²) in [6.45, 7) is 12.1. The quantitative estimate of drug-likeness (QED) is 0.340. The van der Waals surface area contributed by atoms with Crippen LogP contribution in [0.4, 0.5) is 16.2 Å². The van der Waals surface area contributed by atoms with E-state index in [9.17, 15) is 9.59 Å². The predicted molar refractivity (Wildman–Crippen MR) is 145 cm³/mol. The lowest BCUT2D eigenvalue weighted by Gasteiger charge is -2.37. The fraction of sp³-hybridized carbons (Fsp3) is 0.517. The number of nitrogens with zero attached hydrogens (tertiary/aromatic N) is 3. The second-order valence-corrected chi connectivity index (χ2v) is 9.67. The minimum absolute atomic E-state index is 0.0772. The second kappa shape index (κ2) is 12.8. The van der Waals surface area contributed by atoms with E-state index in [0.717, 1.165) is 62.6 Å². The number of fused-ring (bicyclic) bond motifs is 1. The van der Waals surface area contributed by atoms with E-state index in [0.29, 0.717) is 19.4 Å². The molecule has 2 aliphatic heterocycles. The number of anilines is 2. The van der Waals surface area contributed by atoms with Crippen LogP contribution in [0, 0.1) is 13.8 Å². The number of carbonyl (C=O) groups is 2. The molecule has 2 heterocycles. The maximum Gasteiger partial charge on any atom is 0.510 e. The third-order valence-corrected chi connectivity index (χ3v) is 7.26. The van der Waals surface area contributed by atoms with Crippen LogP contribution in [0.15, 0.2) is 36.4 Å². The van der Waals surface area contributed by atoms with E-state index < -0.39 is 6.16 Å². The van der Waals surface area contributed by atoms with E-state index in [2.05, 4.69) is 41.8 Å². The van der Waals surface area contributed by atoms with Crippen molar-refractivity contribution in [2.24, 2.45) is 0 Å². The Morgan fingerprint density at radius 2 is 1.76 bits per heavy atom. The van der Waals surface area contributed by atoms with Crippen LogP contribution in [-0.4, -0.2) is 69.6 Å². The fourth-order valence-corrected chi connectivity index (χ4v) is 4.94. The summed E-state index contributed by atoms with van der Waals surface area (Å²) in [4.78, 5) is 30.6. The van der Waals surface area contributed by atoms with E-state index >= 15 is 0 Å². The monoisotopic (exact) mass is 509 g/mol. The van der Waals surface area contributed by atoms with Crippen molar-refractivity contribution in [2.75, 3.05) is 62.5 Å². The average Bonchev–Trinajstić information content (AvgIpc) is 2.90. The molecule has 37 heavy (non-hydrogen) atoms. The van der Waals surface area contributed by atoms with Crippen LogP contribution in [-0.2, 0) is 20.7 Å². The zero-order chi connectivity index (χ0) is 26.2. The summed E-state index contributed by atoms with van der Waals surface area (Å²) in [6, 6.07) is 12.4. The van der Waals surface area contributed by atoms with Gasteiger partial charge in [-0.2, -0.15) is 0 Å². The highest BCUT2D eigenvalue weighted by atomic mass is 16.7. The van der Waals surface area contributed by atoms with E-state index in [1.165, 1.54) is 21.7 Å². The van der Waals surface area contributed by atoms with Gasteiger partial charge >= 0.3 is 6.16 Å². The first kappa shape index (κ1) is 26.8. The zero-order valence-electron chi connectivity index (χ0n) is 22.3. The van der Waals surface area contributed by atoms with Crippen LogP contribution in [0.2, 0.25) is 0 Å². The number of carbonyl (C=O) groups excluding carboxylic acids is 2. The topological polar surface area (TPSA) is 71.5 Å². The fourth-order valence-electron chi connectivity index (χ4n) is 4.94. The van der Waals surface area contributed by atoms with Crippen molar-refractivity contribution < 1.29 is 23.8 Å². The molecular weight excluding hydrogens is 470 g/mol. The zero-order valence-corrected chi connectivity index (χ0v) is 22.3. The summed E-state index contributed by atoms with van der Waals surface area (Å²) in [5.74, 6) is 0.642. The molecule has 4 rings (SSSR count). The molecular formula is C29H39N3O5. The van der Waals surface area contributed by atoms with Crippen molar-refractivity contribution in [3.05, 3.63) is 53.1 Å². The Morgan fingerprint density at radius 3 is 2.54 bits per heavy atom. The minimum atomic E-state index is -0.776. The first-order valence-electron chi connectivity index (χ1n) is 13.4. The van der Waals surface area contributed by atoms with Gasteiger partial charge in [0.1, 0.15) is 5.75 Å². The Hall–Kier alpha value is -3.26. The summed E-state index contributed by atoms with van der Waals surface area (Å²) in [7, 11) is 0. The predicted octanol–water partition coefficient (Wildman–Crippen LogP) is 4.69. The summed E-state index contributed by atoms with van der Waals surface area (Å²) in [5.41, 5.74) is 5.88. The molecule has 2 aliphatic rings. The Kier molecular flexibility index (Phi) is 9.28. The van der Waals surface area contributed by atoms with Gasteiger partial charge in [0.2, 0.25) is 5.91 Å². The van der Waals surface area contributed by atoms with Crippen LogP contribution >= 0.6 is 0 Å². The highest BCUT2D eigenvalue weighted by Crippen LogP contribution is 2.32. The summed E-state index contributed by atoms with van der Waals surface area (Å²) >= 11 is 0. The van der Waals surface area contributed by atoms with Crippen molar-refractivity contribution in [1.82, 2.24) is 4.90 Å². The molecule has 1 fully saturated rings. The average molecular weight is 510 g/mol. The van der Waals surface area contributed by atoms with Crippen LogP contribution in [0.1, 0.15) is 42.9 Å². The molecule has 0 aromatic heterocycles. The molecule has 0 saturated carbocycles. The van der Waals surface area contributed by atoms with E-state index in [-0.39, 0.29) is 19.2 Å². The first-order valence-corrected chi connectivity index (χ1v) is 13.4. The summed E-state index contributed by atoms with van der Waals surface area (Å²) in [5, 5.41) is 0. The Bertz CT molecular complexity index is 1080. The Labute approximate surface area is 220 Å². The molecule has 8 nitrogen and oxygen atoms in total. The van der Waals surface area contributed by atoms with Gasteiger partial charge in [-0.25, -0.2) is 4.79 Å². The third-order valence-electron chi connectivity index (χ3n) is 7.26. The molecule has 0 aliphatic carbocycles. The highest BCUT2D eigenvalue weighted by Gasteiger charge is 2.26. The molecule has 2 aromatic carbocycles. The third kappa shape index (κ3) is 6.95. The van der Waals surface area contributed by atoms with Gasteiger partial charge in [0.15, 0.2) is 6.73 Å². The lowest BCUT2D eigenvalue weighted by molar-refractivity contribution is -0.119. The molecule has 0 bridgehead atoms.